The number of nitrogens with one attached hydrogen (secondary N) is 2. The van der Waals surface area contributed by atoms with E-state index < -0.39 is 34.8 Å². The number of rotatable bonds is 6. The van der Waals surface area contributed by atoms with Crippen LogP contribution in [0.3, 0.4) is 0 Å². The highest BCUT2D eigenvalue weighted by Crippen LogP contribution is 2.43. The van der Waals surface area contributed by atoms with Gasteiger partial charge < -0.3 is 24.7 Å². The van der Waals surface area contributed by atoms with Crippen molar-refractivity contribution < 1.29 is 23.9 Å². The Balaban J connectivity index is 1.39. The first-order valence-electron chi connectivity index (χ1n) is 15.3. The first-order valence-corrected chi connectivity index (χ1v) is 15.7. The lowest BCUT2D eigenvalue weighted by molar-refractivity contribution is -0.119. The quantitative estimate of drug-likeness (QED) is 0.307. The van der Waals surface area contributed by atoms with E-state index in [4.69, 9.17) is 21.1 Å². The zero-order valence-corrected chi connectivity index (χ0v) is 27.6. The van der Waals surface area contributed by atoms with E-state index in [1.54, 1.807) is 39.0 Å². The van der Waals surface area contributed by atoms with E-state index in [0.29, 0.717) is 22.6 Å². The Hall–Kier alpha value is -4.68. The van der Waals surface area contributed by atoms with Crippen LogP contribution in [0.4, 0.5) is 10.5 Å². The molecule has 2 amide bonds. The van der Waals surface area contributed by atoms with Crippen molar-refractivity contribution in [1.29, 1.82) is 0 Å². The lowest BCUT2D eigenvalue weighted by Crippen LogP contribution is -2.41. The summed E-state index contributed by atoms with van der Waals surface area (Å²) in [5.74, 6) is -0.892. The highest BCUT2D eigenvalue weighted by molar-refractivity contribution is 6.31. The average molecular weight is 662 g/mol. The summed E-state index contributed by atoms with van der Waals surface area (Å²) in [5, 5.41) is 6.71. The Morgan fingerprint density at radius 2 is 1.79 bits per heavy atom. The van der Waals surface area contributed by atoms with Crippen LogP contribution < -0.4 is 21.8 Å². The maximum absolute atomic E-state index is 13.9. The molecule has 1 saturated carbocycles. The molecule has 0 saturated heterocycles. The van der Waals surface area contributed by atoms with Crippen LogP contribution in [0.25, 0.3) is 22.0 Å². The number of halogens is 1. The van der Waals surface area contributed by atoms with Gasteiger partial charge in [-0.2, -0.15) is 4.68 Å². The van der Waals surface area contributed by atoms with Crippen molar-refractivity contribution in [2.24, 2.45) is 7.05 Å². The molecule has 246 valence electrons. The van der Waals surface area contributed by atoms with Gasteiger partial charge in [-0.3, -0.25) is 19.2 Å². The van der Waals surface area contributed by atoms with Gasteiger partial charge in [0, 0.05) is 61.3 Å². The van der Waals surface area contributed by atoms with Crippen LogP contribution in [0, 0.1) is 0 Å². The zero-order chi connectivity index (χ0) is 33.8. The van der Waals surface area contributed by atoms with Crippen LogP contribution in [-0.4, -0.2) is 56.7 Å². The van der Waals surface area contributed by atoms with Crippen molar-refractivity contribution in [1.82, 2.24) is 19.2 Å². The van der Waals surface area contributed by atoms with Gasteiger partial charge in [-0.05, 0) is 81.5 Å². The van der Waals surface area contributed by atoms with E-state index in [-0.39, 0.29) is 46.6 Å². The SMILES string of the molecule is COCCC(C(=O)Nc1ccc2c(=O)n(C)n(C(=O)OC(C)(C)C)c2c1)n1cc2c(cc1=O)-c1cc(Cl)ccc1CC1(CC1)NC2=O. The minimum atomic E-state index is -1.07. The Bertz CT molecular complexity index is 2070. The van der Waals surface area contributed by atoms with Gasteiger partial charge in [0.05, 0.1) is 16.5 Å². The van der Waals surface area contributed by atoms with Crippen LogP contribution in [0.2, 0.25) is 5.02 Å². The van der Waals surface area contributed by atoms with E-state index >= 15 is 0 Å². The fourth-order valence-electron chi connectivity index (χ4n) is 6.09. The molecule has 0 bridgehead atoms. The maximum atomic E-state index is 13.9. The molecule has 1 fully saturated rings. The van der Waals surface area contributed by atoms with Crippen molar-refractivity contribution >= 4 is 46.1 Å². The number of benzene rings is 2. The number of amides is 2. The first-order chi connectivity index (χ1) is 22.2. The molecule has 13 heteroatoms. The monoisotopic (exact) mass is 661 g/mol. The molecule has 1 spiro atoms. The van der Waals surface area contributed by atoms with Crippen molar-refractivity contribution in [2.75, 3.05) is 19.0 Å². The summed E-state index contributed by atoms with van der Waals surface area (Å²) in [5.41, 5.74) is 0.821. The fourth-order valence-corrected chi connectivity index (χ4v) is 6.26. The molecule has 1 unspecified atom stereocenters. The van der Waals surface area contributed by atoms with Gasteiger partial charge in [-0.15, -0.1) is 0 Å². The Morgan fingerprint density at radius 1 is 1.04 bits per heavy atom. The molecule has 47 heavy (non-hydrogen) atoms. The molecular formula is C34H36ClN5O7. The first kappa shape index (κ1) is 32.3. The number of anilines is 1. The topological polar surface area (TPSA) is 143 Å². The lowest BCUT2D eigenvalue weighted by atomic mass is 9.89. The van der Waals surface area contributed by atoms with E-state index in [1.165, 1.54) is 43.1 Å². The highest BCUT2D eigenvalue weighted by atomic mass is 35.5. The molecule has 3 heterocycles. The average Bonchev–Trinajstić information content (AvgIpc) is 3.70. The molecule has 0 radical (unpaired) electrons. The van der Waals surface area contributed by atoms with Gasteiger partial charge >= 0.3 is 6.09 Å². The predicted molar refractivity (Wildman–Crippen MR) is 177 cm³/mol. The third-order valence-corrected chi connectivity index (χ3v) is 8.80. The van der Waals surface area contributed by atoms with Crippen molar-refractivity contribution in [3.63, 3.8) is 0 Å². The number of fused-ring (bicyclic) bond motifs is 4. The van der Waals surface area contributed by atoms with E-state index in [1.807, 2.05) is 6.07 Å². The molecule has 2 N–H and O–H groups in total. The Kier molecular flexibility index (Phi) is 8.13. The molecule has 1 aliphatic heterocycles. The fraction of sp³-hybridized carbons (Fsp3) is 0.382. The molecule has 2 aromatic carbocycles. The smallest absolute Gasteiger partial charge is 0.434 e. The predicted octanol–water partition coefficient (Wildman–Crippen LogP) is 4.64. The van der Waals surface area contributed by atoms with Gasteiger partial charge in [0.2, 0.25) is 5.91 Å². The van der Waals surface area contributed by atoms with E-state index in [0.717, 1.165) is 27.8 Å². The second-order valence-corrected chi connectivity index (χ2v) is 13.6. The van der Waals surface area contributed by atoms with Gasteiger partial charge in [-0.25, -0.2) is 9.48 Å². The van der Waals surface area contributed by atoms with E-state index in [2.05, 4.69) is 10.6 Å². The minimum Gasteiger partial charge on any atom is -0.442 e. The second-order valence-electron chi connectivity index (χ2n) is 13.2. The summed E-state index contributed by atoms with van der Waals surface area (Å²) in [6, 6.07) is 10.3. The summed E-state index contributed by atoms with van der Waals surface area (Å²) in [4.78, 5) is 67.2. The number of aromatic nitrogens is 3. The van der Waals surface area contributed by atoms with Crippen LogP contribution in [0.5, 0.6) is 0 Å². The summed E-state index contributed by atoms with van der Waals surface area (Å²) in [6.07, 6.45) is 3.09. The molecule has 2 aliphatic rings. The van der Waals surface area contributed by atoms with Crippen molar-refractivity contribution in [2.45, 2.75) is 63.6 Å². The van der Waals surface area contributed by atoms with Crippen molar-refractivity contribution in [3.05, 3.63) is 85.5 Å². The molecule has 1 aliphatic carbocycles. The molecule has 6 rings (SSSR count). The molecule has 4 aromatic rings. The molecule has 12 nitrogen and oxygen atoms in total. The van der Waals surface area contributed by atoms with Crippen molar-refractivity contribution in [3.8, 4) is 11.1 Å². The number of pyridine rings is 1. The number of carbonyl (C=O) groups is 3. The summed E-state index contributed by atoms with van der Waals surface area (Å²) in [6.45, 7) is 5.29. The number of methoxy groups -OCH3 is 1. The Labute approximate surface area is 275 Å². The summed E-state index contributed by atoms with van der Waals surface area (Å²) >= 11 is 6.36. The van der Waals surface area contributed by atoms with Gasteiger partial charge in [0.1, 0.15) is 11.6 Å². The largest absolute Gasteiger partial charge is 0.442 e. The molecule has 2 aromatic heterocycles. The van der Waals surface area contributed by atoms with E-state index in [9.17, 15) is 24.0 Å². The number of nitrogens with zero attached hydrogens (tertiary/aromatic N) is 3. The number of hydrogen-bond donors (Lipinski definition) is 2. The van der Waals surface area contributed by atoms with Gasteiger partial charge in [0.15, 0.2) is 0 Å². The maximum Gasteiger partial charge on any atom is 0.434 e. The number of carbonyl (C=O) groups excluding carboxylic acids is 3. The zero-order valence-electron chi connectivity index (χ0n) is 26.8. The van der Waals surface area contributed by atoms with Crippen LogP contribution in [0.15, 0.2) is 58.3 Å². The number of ether oxygens (including phenoxy) is 2. The standard InChI is InChI=1S/C34H36ClN5O7/c1-33(2,3)47-32(45)40-27-15-21(8-9-22(27)31(44)38(40)4)36-30(43)26(10-13-46-5)39-18-25-24(16-28(39)41)23-14-20(35)7-6-19(23)17-34(11-12-34)37-29(25)42/h6-9,14-16,18,26H,10-13,17H2,1-5H3,(H,36,43)(H,37,42). The number of hydrogen-bond acceptors (Lipinski definition) is 7. The Morgan fingerprint density at radius 3 is 2.47 bits per heavy atom. The van der Waals surface area contributed by atoms with Crippen LogP contribution in [-0.2, 0) is 27.7 Å². The lowest BCUT2D eigenvalue weighted by Gasteiger charge is -2.26. The molecule has 1 atom stereocenters. The van der Waals surface area contributed by atoms with Gasteiger partial charge in [-0.1, -0.05) is 17.7 Å². The normalized spacial score (nSPS) is 15.7. The molecular weight excluding hydrogens is 626 g/mol. The minimum absolute atomic E-state index is 0.116. The second kappa shape index (κ2) is 11.8. The summed E-state index contributed by atoms with van der Waals surface area (Å²) < 4.78 is 14.3. The summed E-state index contributed by atoms with van der Waals surface area (Å²) in [7, 11) is 2.94. The van der Waals surface area contributed by atoms with Crippen LogP contribution in [0.1, 0.15) is 62.0 Å². The third kappa shape index (κ3) is 6.22. The van der Waals surface area contributed by atoms with Crippen LogP contribution >= 0.6 is 11.6 Å². The highest BCUT2D eigenvalue weighted by Gasteiger charge is 2.46. The third-order valence-electron chi connectivity index (χ3n) is 8.57. The van der Waals surface area contributed by atoms with Gasteiger partial charge in [0.25, 0.3) is 17.0 Å².